The summed E-state index contributed by atoms with van der Waals surface area (Å²) in [6, 6.07) is 1.23. The number of rotatable bonds is 7. The average molecular weight is 404 g/mol. The molecule has 0 fully saturated rings. The third-order valence-corrected chi connectivity index (χ3v) is 4.87. The Kier molecular flexibility index (Phi) is 6.97. The van der Waals surface area contributed by atoms with Crippen molar-refractivity contribution in [2.75, 3.05) is 5.32 Å². The molecule has 0 saturated carbocycles. The Morgan fingerprint density at radius 3 is 2.88 bits per heavy atom. The normalized spacial score (nSPS) is 11.8. The van der Waals surface area contributed by atoms with Gasteiger partial charge in [-0.15, -0.1) is 21.8 Å². The first kappa shape index (κ1) is 19.4. The van der Waals surface area contributed by atoms with Crippen molar-refractivity contribution in [1.82, 2.24) is 10.2 Å². The highest BCUT2D eigenvalue weighted by atomic mass is 35.5. The third kappa shape index (κ3) is 5.83. The van der Waals surface area contributed by atoms with E-state index in [0.29, 0.717) is 27.4 Å². The minimum atomic E-state index is -0.866. The molecule has 0 saturated heterocycles. The molecule has 2 aromatic rings. The first-order valence-corrected chi connectivity index (χ1v) is 9.36. The number of carbonyl (C=O) groups excluding carboxylic acids is 2. The van der Waals surface area contributed by atoms with Crippen molar-refractivity contribution in [3.05, 3.63) is 28.3 Å². The number of amides is 1. The fraction of sp³-hybridized carbons (Fsp3) is 0.357. The van der Waals surface area contributed by atoms with Gasteiger partial charge in [0.1, 0.15) is 17.4 Å². The lowest BCUT2D eigenvalue weighted by Crippen LogP contribution is -2.21. The highest BCUT2D eigenvalue weighted by Gasteiger charge is 2.15. The number of carbonyl (C=O) groups is 2. The molecule has 25 heavy (non-hydrogen) atoms. The molecule has 0 aromatic carbocycles. The summed E-state index contributed by atoms with van der Waals surface area (Å²) < 4.78 is 10.7. The standard InChI is InChI=1S/C14H14ClN3O5S2/c1-3-11(20)16-13-17-18-14(25-13)24-6-8-4-9(19)10(5-22-8)23-12(21)7(2)15/h4-5,7H,3,6H2,1-2H3,(H,16,17,20)/t7-/m0/s1. The van der Waals surface area contributed by atoms with E-state index in [1.807, 2.05) is 0 Å². The number of anilines is 1. The fourth-order valence-electron chi connectivity index (χ4n) is 1.44. The van der Waals surface area contributed by atoms with Gasteiger partial charge in [-0.1, -0.05) is 30.0 Å². The molecule has 1 N–H and O–H groups in total. The number of halogens is 1. The lowest BCUT2D eigenvalue weighted by atomic mass is 10.4. The van der Waals surface area contributed by atoms with Crippen molar-refractivity contribution in [2.24, 2.45) is 0 Å². The quantitative estimate of drug-likeness (QED) is 0.325. The maximum absolute atomic E-state index is 11.9. The molecule has 0 bridgehead atoms. The topological polar surface area (TPSA) is 111 Å². The van der Waals surface area contributed by atoms with E-state index in [9.17, 15) is 14.4 Å². The van der Waals surface area contributed by atoms with Crippen molar-refractivity contribution in [3.63, 3.8) is 0 Å². The smallest absolute Gasteiger partial charge is 0.329 e. The maximum atomic E-state index is 11.9. The van der Waals surface area contributed by atoms with E-state index in [1.54, 1.807) is 6.92 Å². The Balaban J connectivity index is 1.95. The Bertz CT molecular complexity index is 821. The lowest BCUT2D eigenvalue weighted by molar-refractivity contribution is -0.133. The number of aromatic nitrogens is 2. The summed E-state index contributed by atoms with van der Waals surface area (Å²) in [5.74, 6) is -0.386. The van der Waals surface area contributed by atoms with Gasteiger partial charge in [0, 0.05) is 12.5 Å². The van der Waals surface area contributed by atoms with Crippen molar-refractivity contribution in [1.29, 1.82) is 0 Å². The molecule has 0 aliphatic carbocycles. The molecule has 2 aromatic heterocycles. The second kappa shape index (κ2) is 8.97. The predicted molar refractivity (Wildman–Crippen MR) is 94.3 cm³/mol. The Morgan fingerprint density at radius 2 is 2.24 bits per heavy atom. The van der Waals surface area contributed by atoms with Crippen LogP contribution in [0.4, 0.5) is 5.13 Å². The zero-order chi connectivity index (χ0) is 18.4. The van der Waals surface area contributed by atoms with Crippen LogP contribution in [-0.4, -0.2) is 27.5 Å². The molecule has 2 rings (SSSR count). The van der Waals surface area contributed by atoms with Crippen molar-refractivity contribution >= 4 is 51.7 Å². The van der Waals surface area contributed by atoms with Crippen LogP contribution in [0.3, 0.4) is 0 Å². The highest BCUT2D eigenvalue weighted by molar-refractivity contribution is 8.00. The Hall–Kier alpha value is -1.91. The van der Waals surface area contributed by atoms with Gasteiger partial charge in [0.25, 0.3) is 0 Å². The number of alkyl halides is 1. The van der Waals surface area contributed by atoms with Gasteiger partial charge in [0.05, 0.1) is 5.75 Å². The average Bonchev–Trinajstić information content (AvgIpc) is 3.02. The summed E-state index contributed by atoms with van der Waals surface area (Å²) in [7, 11) is 0. The van der Waals surface area contributed by atoms with E-state index in [-0.39, 0.29) is 11.7 Å². The number of hydrogen-bond donors (Lipinski definition) is 1. The first-order valence-electron chi connectivity index (χ1n) is 7.12. The molecular weight excluding hydrogens is 390 g/mol. The van der Waals surface area contributed by atoms with E-state index in [0.717, 1.165) is 6.26 Å². The summed E-state index contributed by atoms with van der Waals surface area (Å²) in [4.78, 5) is 34.6. The number of nitrogens with zero attached hydrogens (tertiary/aromatic N) is 2. The summed E-state index contributed by atoms with van der Waals surface area (Å²) in [5, 5.41) is 9.94. The highest BCUT2D eigenvalue weighted by Crippen LogP contribution is 2.28. The van der Waals surface area contributed by atoms with Crippen LogP contribution >= 0.6 is 34.7 Å². The number of esters is 1. The molecule has 1 amide bonds. The first-order chi connectivity index (χ1) is 11.9. The van der Waals surface area contributed by atoms with E-state index in [4.69, 9.17) is 20.8 Å². The number of thioether (sulfide) groups is 1. The van der Waals surface area contributed by atoms with Gasteiger partial charge < -0.3 is 14.5 Å². The zero-order valence-corrected chi connectivity index (χ0v) is 15.7. The molecule has 0 radical (unpaired) electrons. The van der Waals surface area contributed by atoms with Crippen LogP contribution in [0.1, 0.15) is 26.0 Å². The SMILES string of the molecule is CCC(=O)Nc1nnc(SCc2cc(=O)c(OC(=O)[C@H](C)Cl)co2)s1. The molecule has 134 valence electrons. The lowest BCUT2D eigenvalue weighted by Gasteiger charge is -2.04. The fourth-order valence-corrected chi connectivity index (χ4v) is 3.14. The van der Waals surface area contributed by atoms with Gasteiger partial charge in [-0.2, -0.15) is 0 Å². The summed E-state index contributed by atoms with van der Waals surface area (Å²) in [6.45, 7) is 3.18. The van der Waals surface area contributed by atoms with Crippen molar-refractivity contribution in [3.8, 4) is 5.75 Å². The predicted octanol–water partition coefficient (Wildman–Crippen LogP) is 2.66. The summed E-state index contributed by atoms with van der Waals surface area (Å²) in [5.41, 5.74) is -0.485. The molecule has 1 atom stereocenters. The third-order valence-electron chi connectivity index (χ3n) is 2.70. The zero-order valence-electron chi connectivity index (χ0n) is 13.3. The van der Waals surface area contributed by atoms with Crippen LogP contribution in [0, 0.1) is 0 Å². The van der Waals surface area contributed by atoms with E-state index in [2.05, 4.69) is 15.5 Å². The summed E-state index contributed by atoms with van der Waals surface area (Å²) >= 11 is 8.09. The van der Waals surface area contributed by atoms with E-state index < -0.39 is 16.8 Å². The van der Waals surface area contributed by atoms with Gasteiger partial charge in [-0.05, 0) is 6.92 Å². The minimum absolute atomic E-state index is 0.143. The monoisotopic (exact) mass is 403 g/mol. The van der Waals surface area contributed by atoms with Crippen LogP contribution in [0.15, 0.2) is 25.9 Å². The number of nitrogens with one attached hydrogen (secondary N) is 1. The van der Waals surface area contributed by atoms with Gasteiger partial charge in [-0.25, -0.2) is 0 Å². The van der Waals surface area contributed by atoms with Gasteiger partial charge in [0.15, 0.2) is 4.34 Å². The van der Waals surface area contributed by atoms with Crippen LogP contribution < -0.4 is 15.5 Å². The van der Waals surface area contributed by atoms with E-state index >= 15 is 0 Å². The van der Waals surface area contributed by atoms with E-state index in [1.165, 1.54) is 36.1 Å². The Labute approximate surface area is 155 Å². The Morgan fingerprint density at radius 1 is 1.48 bits per heavy atom. The molecule has 11 heteroatoms. The molecular formula is C14H14ClN3O5S2. The van der Waals surface area contributed by atoms with Crippen LogP contribution in [-0.2, 0) is 15.3 Å². The van der Waals surface area contributed by atoms with Crippen LogP contribution in [0.25, 0.3) is 0 Å². The molecule has 0 aliphatic rings. The van der Waals surface area contributed by atoms with Crippen molar-refractivity contribution in [2.45, 2.75) is 35.7 Å². The molecule has 0 unspecified atom stereocenters. The van der Waals surface area contributed by atoms with Crippen molar-refractivity contribution < 1.29 is 18.7 Å². The van der Waals surface area contributed by atoms with Crippen LogP contribution in [0.5, 0.6) is 5.75 Å². The van der Waals surface area contributed by atoms with Gasteiger partial charge in [0.2, 0.25) is 22.2 Å². The molecule has 0 aliphatic heterocycles. The summed E-state index contributed by atoms with van der Waals surface area (Å²) in [6.07, 6.45) is 1.43. The molecule has 8 nitrogen and oxygen atoms in total. The number of ether oxygens (including phenoxy) is 1. The van der Waals surface area contributed by atoms with Crippen LogP contribution in [0.2, 0.25) is 0 Å². The molecule has 0 spiro atoms. The molecule has 2 heterocycles. The van der Waals surface area contributed by atoms with Gasteiger partial charge >= 0.3 is 5.97 Å². The van der Waals surface area contributed by atoms with Gasteiger partial charge in [-0.3, -0.25) is 14.4 Å². The number of hydrogen-bond acceptors (Lipinski definition) is 9. The second-order valence-corrected chi connectivity index (χ2v) is 7.53. The second-order valence-electron chi connectivity index (χ2n) is 4.68. The maximum Gasteiger partial charge on any atom is 0.329 e. The largest absolute Gasteiger partial charge is 0.464 e. The minimum Gasteiger partial charge on any atom is -0.464 e.